The second kappa shape index (κ2) is 7.20. The van der Waals surface area contributed by atoms with Gasteiger partial charge in [0.05, 0.1) is 5.92 Å². The molecule has 0 radical (unpaired) electrons. The van der Waals surface area contributed by atoms with E-state index in [1.165, 1.54) is 12.8 Å². The summed E-state index contributed by atoms with van der Waals surface area (Å²) in [5.41, 5.74) is 0. The van der Waals surface area contributed by atoms with E-state index in [-0.39, 0.29) is 18.3 Å². The molecule has 0 aliphatic carbocycles. The molecule has 98 valence electrons. The Balaban J connectivity index is 0.00000144. The SMILES string of the molecule is C#C[C@@H]1CCN(CC2CCNCC2)C[C@@H]1F.Cl. The number of nitrogens with one attached hydrogen (secondary N) is 1. The molecule has 2 heterocycles. The van der Waals surface area contributed by atoms with Crippen molar-refractivity contribution in [1.82, 2.24) is 10.2 Å². The van der Waals surface area contributed by atoms with Crippen molar-refractivity contribution in [2.75, 3.05) is 32.7 Å². The molecule has 0 bridgehead atoms. The summed E-state index contributed by atoms with van der Waals surface area (Å²) >= 11 is 0. The van der Waals surface area contributed by atoms with Gasteiger partial charge in [-0.05, 0) is 44.8 Å². The summed E-state index contributed by atoms with van der Waals surface area (Å²) in [5.74, 6) is 3.16. The fourth-order valence-electron chi connectivity index (χ4n) is 2.75. The maximum absolute atomic E-state index is 13.7. The number of hydrogen-bond acceptors (Lipinski definition) is 2. The first-order chi connectivity index (χ1) is 7.79. The van der Waals surface area contributed by atoms with Crippen molar-refractivity contribution in [3.05, 3.63) is 0 Å². The van der Waals surface area contributed by atoms with Crippen LogP contribution >= 0.6 is 12.4 Å². The minimum Gasteiger partial charge on any atom is -0.317 e. The van der Waals surface area contributed by atoms with Gasteiger partial charge in [0.15, 0.2) is 0 Å². The van der Waals surface area contributed by atoms with E-state index in [0.29, 0.717) is 6.54 Å². The summed E-state index contributed by atoms with van der Waals surface area (Å²) in [4.78, 5) is 2.26. The van der Waals surface area contributed by atoms with Crippen LogP contribution in [0.2, 0.25) is 0 Å². The van der Waals surface area contributed by atoms with Crippen molar-refractivity contribution in [2.24, 2.45) is 11.8 Å². The second-order valence-corrected chi connectivity index (χ2v) is 5.03. The molecular weight excluding hydrogens is 239 g/mol. The number of rotatable bonds is 2. The van der Waals surface area contributed by atoms with Crippen LogP contribution in [0.1, 0.15) is 19.3 Å². The van der Waals surface area contributed by atoms with Crippen molar-refractivity contribution in [3.63, 3.8) is 0 Å². The van der Waals surface area contributed by atoms with Crippen LogP contribution in [0.25, 0.3) is 0 Å². The van der Waals surface area contributed by atoms with Crippen LogP contribution in [-0.2, 0) is 0 Å². The summed E-state index contributed by atoms with van der Waals surface area (Å²) in [6.45, 7) is 4.80. The molecule has 0 aromatic carbocycles. The molecule has 0 aromatic rings. The lowest BCUT2D eigenvalue weighted by Crippen LogP contribution is -2.44. The van der Waals surface area contributed by atoms with Crippen LogP contribution in [0.15, 0.2) is 0 Å². The average Bonchev–Trinajstić information content (AvgIpc) is 2.31. The molecule has 0 amide bonds. The molecule has 0 unspecified atom stereocenters. The number of piperidine rings is 2. The van der Waals surface area contributed by atoms with Gasteiger partial charge in [0.2, 0.25) is 0 Å². The van der Waals surface area contributed by atoms with E-state index in [4.69, 9.17) is 6.42 Å². The Labute approximate surface area is 110 Å². The third-order valence-corrected chi connectivity index (χ3v) is 3.81. The zero-order valence-electron chi connectivity index (χ0n) is 10.2. The molecule has 2 fully saturated rings. The Morgan fingerprint density at radius 1 is 1.29 bits per heavy atom. The first kappa shape index (κ1) is 14.8. The monoisotopic (exact) mass is 260 g/mol. The fraction of sp³-hybridized carbons (Fsp3) is 0.846. The molecule has 0 saturated carbocycles. The summed E-state index contributed by atoms with van der Waals surface area (Å²) < 4.78 is 13.7. The van der Waals surface area contributed by atoms with Gasteiger partial charge in [-0.25, -0.2) is 4.39 Å². The van der Waals surface area contributed by atoms with Gasteiger partial charge in [0, 0.05) is 13.1 Å². The van der Waals surface area contributed by atoms with Crippen LogP contribution in [0, 0.1) is 24.2 Å². The van der Waals surface area contributed by atoms with Crippen molar-refractivity contribution in [2.45, 2.75) is 25.4 Å². The summed E-state index contributed by atoms with van der Waals surface area (Å²) in [6, 6.07) is 0. The Morgan fingerprint density at radius 3 is 2.59 bits per heavy atom. The van der Waals surface area contributed by atoms with Gasteiger partial charge in [-0.2, -0.15) is 0 Å². The predicted molar refractivity (Wildman–Crippen MR) is 71.1 cm³/mol. The Hall–Kier alpha value is -0.300. The van der Waals surface area contributed by atoms with Gasteiger partial charge in [-0.15, -0.1) is 24.8 Å². The van der Waals surface area contributed by atoms with Crippen LogP contribution in [0.4, 0.5) is 4.39 Å². The van der Waals surface area contributed by atoms with E-state index in [9.17, 15) is 4.39 Å². The normalized spacial score (nSPS) is 31.5. The van der Waals surface area contributed by atoms with Gasteiger partial charge in [0.1, 0.15) is 6.17 Å². The Kier molecular flexibility index (Phi) is 6.26. The highest BCUT2D eigenvalue weighted by atomic mass is 35.5. The maximum atomic E-state index is 13.7. The van der Waals surface area contributed by atoms with E-state index in [0.717, 1.165) is 38.5 Å². The molecule has 0 spiro atoms. The molecule has 4 heteroatoms. The van der Waals surface area contributed by atoms with Crippen molar-refractivity contribution < 1.29 is 4.39 Å². The number of likely N-dealkylation sites (tertiary alicyclic amines) is 1. The number of nitrogens with zero attached hydrogens (tertiary/aromatic N) is 1. The lowest BCUT2D eigenvalue weighted by Gasteiger charge is -2.35. The van der Waals surface area contributed by atoms with Crippen molar-refractivity contribution >= 4 is 12.4 Å². The fourth-order valence-corrected chi connectivity index (χ4v) is 2.75. The van der Waals surface area contributed by atoms with Gasteiger partial charge >= 0.3 is 0 Å². The molecule has 2 nitrogen and oxygen atoms in total. The van der Waals surface area contributed by atoms with Gasteiger partial charge in [0.25, 0.3) is 0 Å². The molecule has 0 aromatic heterocycles. The Morgan fingerprint density at radius 2 is 2.00 bits per heavy atom. The smallest absolute Gasteiger partial charge is 0.126 e. The minimum atomic E-state index is -0.819. The predicted octanol–water partition coefficient (Wildman–Crippen LogP) is 1.70. The van der Waals surface area contributed by atoms with Gasteiger partial charge < -0.3 is 10.2 Å². The van der Waals surface area contributed by atoms with Crippen LogP contribution in [-0.4, -0.2) is 43.8 Å². The molecule has 1 N–H and O–H groups in total. The summed E-state index contributed by atoms with van der Waals surface area (Å²) in [6.07, 6.45) is 7.77. The van der Waals surface area contributed by atoms with E-state index in [1.807, 2.05) is 0 Å². The minimum absolute atomic E-state index is 0. The Bertz CT molecular complexity index is 261. The van der Waals surface area contributed by atoms with E-state index in [1.54, 1.807) is 0 Å². The van der Waals surface area contributed by atoms with Gasteiger partial charge in [-0.3, -0.25) is 0 Å². The van der Waals surface area contributed by atoms with E-state index >= 15 is 0 Å². The first-order valence-corrected chi connectivity index (χ1v) is 6.33. The average molecular weight is 261 g/mol. The third kappa shape index (κ3) is 4.13. The molecule has 2 saturated heterocycles. The second-order valence-electron chi connectivity index (χ2n) is 5.03. The molecule has 2 atom stereocenters. The third-order valence-electron chi connectivity index (χ3n) is 3.81. The first-order valence-electron chi connectivity index (χ1n) is 6.33. The highest BCUT2D eigenvalue weighted by molar-refractivity contribution is 5.85. The van der Waals surface area contributed by atoms with Crippen molar-refractivity contribution in [3.8, 4) is 12.3 Å². The van der Waals surface area contributed by atoms with E-state index < -0.39 is 6.17 Å². The number of halogens is 2. The number of hydrogen-bond donors (Lipinski definition) is 1. The lowest BCUT2D eigenvalue weighted by molar-refractivity contribution is 0.0909. The summed E-state index contributed by atoms with van der Waals surface area (Å²) in [7, 11) is 0. The van der Waals surface area contributed by atoms with Gasteiger partial charge in [-0.1, -0.05) is 0 Å². The zero-order valence-corrected chi connectivity index (χ0v) is 11.0. The molecule has 2 aliphatic rings. The zero-order chi connectivity index (χ0) is 11.4. The highest BCUT2D eigenvalue weighted by Gasteiger charge is 2.29. The molecule has 2 rings (SSSR count). The van der Waals surface area contributed by atoms with Crippen LogP contribution in [0.3, 0.4) is 0 Å². The molecular formula is C13H22ClFN2. The number of terminal acetylenes is 1. The highest BCUT2D eigenvalue weighted by Crippen LogP contribution is 2.22. The standard InChI is InChI=1S/C13H21FN2.ClH/c1-2-12-5-8-16(10-13(12)14)9-11-3-6-15-7-4-11;/h1,11-13,15H,3-10H2;1H/t12-,13+;/m1./s1. The van der Waals surface area contributed by atoms with E-state index in [2.05, 4.69) is 16.1 Å². The number of alkyl halides is 1. The van der Waals surface area contributed by atoms with Crippen LogP contribution in [0.5, 0.6) is 0 Å². The molecule has 2 aliphatic heterocycles. The topological polar surface area (TPSA) is 15.3 Å². The lowest BCUT2D eigenvalue weighted by atomic mass is 9.93. The summed E-state index contributed by atoms with van der Waals surface area (Å²) in [5, 5.41) is 3.36. The quantitative estimate of drug-likeness (QED) is 0.761. The van der Waals surface area contributed by atoms with Crippen LogP contribution < -0.4 is 5.32 Å². The molecule has 17 heavy (non-hydrogen) atoms. The maximum Gasteiger partial charge on any atom is 0.126 e. The van der Waals surface area contributed by atoms with Crippen molar-refractivity contribution in [1.29, 1.82) is 0 Å². The largest absolute Gasteiger partial charge is 0.317 e.